The van der Waals surface area contributed by atoms with Gasteiger partial charge < -0.3 is 24.8 Å². The van der Waals surface area contributed by atoms with Crippen LogP contribution in [0.15, 0.2) is 20.0 Å². The molecule has 0 spiro atoms. The molecule has 0 saturated carbocycles. The summed E-state index contributed by atoms with van der Waals surface area (Å²) >= 11 is 2.20. The van der Waals surface area contributed by atoms with Gasteiger partial charge in [0.05, 0.1) is 0 Å². The molecule has 0 radical (unpaired) electrons. The van der Waals surface area contributed by atoms with Gasteiger partial charge in [-0.15, -0.1) is 0 Å². The Morgan fingerprint density at radius 1 is 1.32 bits per heavy atom. The van der Waals surface area contributed by atoms with Gasteiger partial charge in [-0.2, -0.15) is 0 Å². The van der Waals surface area contributed by atoms with Crippen LogP contribution in [0.5, 0.6) is 0 Å². The minimum Gasteiger partial charge on any atom is -1.00 e. The smallest absolute Gasteiger partial charge is 1.00 e. The van der Waals surface area contributed by atoms with Gasteiger partial charge in [-0.1, -0.05) is 0 Å². The van der Waals surface area contributed by atoms with Crippen molar-refractivity contribution in [1.82, 2.24) is 5.32 Å². The first kappa shape index (κ1) is 19.7. The Bertz CT molecular complexity index is 420. The van der Waals surface area contributed by atoms with Crippen molar-refractivity contribution < 1.29 is 54.8 Å². The van der Waals surface area contributed by atoms with Crippen molar-refractivity contribution in [2.24, 2.45) is 0 Å². The van der Waals surface area contributed by atoms with Crippen LogP contribution >= 0.6 is 0 Å². The van der Waals surface area contributed by atoms with Gasteiger partial charge >= 0.3 is 116 Å². The maximum atomic E-state index is 8.89. The van der Waals surface area contributed by atoms with E-state index in [1.54, 1.807) is 0 Å². The fraction of sp³-hybridized carbons (Fsp3) is 0.667. The van der Waals surface area contributed by atoms with Crippen LogP contribution in [0.4, 0.5) is 0 Å². The topological polar surface area (TPSA) is 41.5 Å². The van der Waals surface area contributed by atoms with E-state index in [0.717, 1.165) is 6.42 Å². The Morgan fingerprint density at radius 2 is 1.89 bits per heavy atom. The average molecular weight is 357 g/mol. The van der Waals surface area contributed by atoms with Gasteiger partial charge in [0, 0.05) is 0 Å². The molecule has 1 aliphatic heterocycles. The molecule has 3 nitrogen and oxygen atoms in total. The summed E-state index contributed by atoms with van der Waals surface area (Å²) < 4.78 is 7.36. The third kappa shape index (κ3) is 3.88. The van der Waals surface area contributed by atoms with Crippen molar-refractivity contribution in [2.45, 2.75) is 39.3 Å². The van der Waals surface area contributed by atoms with Crippen LogP contribution in [-0.2, 0) is 24.9 Å². The molecule has 19 heavy (non-hydrogen) atoms. The first-order chi connectivity index (χ1) is 7.79. The molecule has 2 aliphatic rings. The molecule has 0 bridgehead atoms. The van der Waals surface area contributed by atoms with E-state index in [-0.39, 0.29) is 37.0 Å². The molecule has 1 fully saturated rings. The quantitative estimate of drug-likeness (QED) is 0.499. The van der Waals surface area contributed by atoms with E-state index in [1.807, 2.05) is 0 Å². The van der Waals surface area contributed by atoms with Crippen molar-refractivity contribution >= 4 is 8.32 Å². The summed E-state index contributed by atoms with van der Waals surface area (Å²) in [5, 5.41) is 15.4. The summed E-state index contributed by atoms with van der Waals surface area (Å²) in [5.74, 6) is 0. The molecule has 0 amide bonds. The predicted octanol–water partition coefficient (Wildman–Crippen LogP) is -4.48. The Labute approximate surface area is 140 Å². The number of hydrogen-bond acceptors (Lipinski definition) is 3. The number of aliphatic hydroxyl groups is 1. The van der Waals surface area contributed by atoms with Crippen molar-refractivity contribution in [1.29, 1.82) is 0 Å². The maximum Gasteiger partial charge on any atom is -1.00 e. The van der Waals surface area contributed by atoms with E-state index < -0.39 is 8.32 Å². The first-order valence-corrected chi connectivity index (χ1v) is 9.21. The third-order valence-corrected chi connectivity index (χ3v) is 7.71. The molecule has 1 saturated heterocycles. The van der Waals surface area contributed by atoms with Gasteiger partial charge in [0.25, 0.3) is 0 Å². The monoisotopic (exact) mass is 356 g/mol. The normalized spacial score (nSPS) is 24.8. The van der Waals surface area contributed by atoms with Crippen LogP contribution in [0, 0.1) is 0 Å². The molecule has 107 valence electrons. The van der Waals surface area contributed by atoms with Crippen LogP contribution in [0.2, 0.25) is 6.55 Å². The van der Waals surface area contributed by atoms with Gasteiger partial charge in [-0.05, 0) is 0 Å². The predicted molar refractivity (Wildman–Crippen MR) is 66.2 cm³/mol. The van der Waals surface area contributed by atoms with Crippen LogP contribution < -0.4 is 30.1 Å². The Balaban J connectivity index is 0.00000162. The molecule has 1 atom stereocenters. The summed E-state index contributed by atoms with van der Waals surface area (Å²) in [5.41, 5.74) is 1.46. The standard InChI is InChI=1S/C12H20NO2Si.2ClH.Ti/c1-12(2,3)13-9-5-6-10-11(9)16(10,4)15-8-7-14;;;/h13-14H,5,7-8H2,1-4H3;2*1H;/q;;;+2/p-2. The largest absolute Gasteiger partial charge is 1.00 e. The van der Waals surface area contributed by atoms with E-state index in [9.17, 15) is 0 Å². The number of halogens is 2. The van der Waals surface area contributed by atoms with Crippen molar-refractivity contribution in [3.8, 4) is 0 Å². The van der Waals surface area contributed by atoms with E-state index in [0.29, 0.717) is 6.61 Å². The molecule has 2 rings (SSSR count). The zero-order valence-corrected chi connectivity index (χ0v) is 15.8. The zero-order valence-electron chi connectivity index (χ0n) is 11.7. The summed E-state index contributed by atoms with van der Waals surface area (Å²) in [4.78, 5) is 0. The van der Waals surface area contributed by atoms with Crippen LogP contribution in [-0.4, -0.2) is 32.2 Å². The fourth-order valence-electron chi connectivity index (χ4n) is 2.54. The Morgan fingerprint density at radius 3 is 2.37 bits per heavy atom. The second-order valence-corrected chi connectivity index (χ2v) is 10.2. The van der Waals surface area contributed by atoms with Gasteiger partial charge in [0.2, 0.25) is 0 Å². The van der Waals surface area contributed by atoms with Gasteiger partial charge in [-0.25, -0.2) is 0 Å². The molecule has 7 heteroatoms. The first-order valence-electron chi connectivity index (χ1n) is 6.02. The van der Waals surface area contributed by atoms with Crippen LogP contribution in [0.25, 0.3) is 0 Å². The van der Waals surface area contributed by atoms with Crippen LogP contribution in [0.1, 0.15) is 27.2 Å². The molecule has 0 aromatic rings. The summed E-state index contributed by atoms with van der Waals surface area (Å²) in [6.45, 7) is 9.37. The van der Waals surface area contributed by atoms with E-state index in [4.69, 9.17) is 9.53 Å². The van der Waals surface area contributed by atoms with Crippen molar-refractivity contribution in [3.63, 3.8) is 0 Å². The minimum absolute atomic E-state index is 0. The molecule has 1 aliphatic carbocycles. The summed E-state index contributed by atoms with van der Waals surface area (Å²) in [6.07, 6.45) is 1.05. The zero-order chi connectivity index (χ0) is 12.8. The maximum absolute atomic E-state index is 8.89. The van der Waals surface area contributed by atoms with Crippen LogP contribution in [0.3, 0.4) is 0 Å². The minimum atomic E-state index is -1.76. The molecule has 1 heterocycles. The Hall–Kier alpha value is 0.711. The number of allylic oxidation sites excluding steroid dienone is 3. The van der Waals surface area contributed by atoms with E-state index >= 15 is 0 Å². The van der Waals surface area contributed by atoms with Gasteiger partial charge in [0.15, 0.2) is 0 Å². The van der Waals surface area contributed by atoms with E-state index in [2.05, 4.69) is 53.1 Å². The second kappa shape index (κ2) is 6.65. The number of rotatable bonds is 4. The molecule has 2 N–H and O–H groups in total. The summed E-state index contributed by atoms with van der Waals surface area (Å²) in [6, 6.07) is 0. The summed E-state index contributed by atoms with van der Waals surface area (Å²) in [7, 11) is -1.76. The molecular formula is C12H20Cl2NO2SiTi. The number of hydrogen-bond donors (Lipinski definition) is 2. The van der Waals surface area contributed by atoms with Crippen molar-refractivity contribution in [3.05, 3.63) is 20.0 Å². The molecule has 0 aromatic heterocycles. The fourth-order valence-corrected chi connectivity index (χ4v) is 8.05. The number of nitrogens with one attached hydrogen (secondary N) is 1. The molecular weight excluding hydrogens is 337 g/mol. The molecule has 1 unspecified atom stereocenters. The molecule has 0 aromatic carbocycles. The SMILES string of the molecule is CC(C)(C)NC1=C2C(=[C]([Ti+2])C1)[Si]2(C)OCCO.[Cl-].[Cl-]. The third-order valence-electron chi connectivity index (χ3n) is 3.11. The van der Waals surface area contributed by atoms with Crippen molar-refractivity contribution in [2.75, 3.05) is 13.2 Å². The number of aliphatic hydroxyl groups excluding tert-OH is 1. The Kier molecular flexibility index (Phi) is 6.90. The van der Waals surface area contributed by atoms with E-state index in [1.165, 1.54) is 20.0 Å². The van der Waals surface area contributed by atoms with Gasteiger partial charge in [-0.3, -0.25) is 0 Å². The second-order valence-electron chi connectivity index (χ2n) is 5.86. The average Bonchev–Trinajstić information content (AvgIpc) is 2.64. The number of fused-ring (bicyclic) bond motifs is 1. The van der Waals surface area contributed by atoms with Gasteiger partial charge in [0.1, 0.15) is 0 Å².